The van der Waals surface area contributed by atoms with Gasteiger partial charge in [-0.05, 0) is 33.6 Å². The molecule has 2 bridgehead atoms. The summed E-state index contributed by atoms with van der Waals surface area (Å²) in [4.78, 5) is 13.9. The first-order valence-corrected chi connectivity index (χ1v) is 6.53. The molecule has 2 saturated heterocycles. The van der Waals surface area contributed by atoms with Gasteiger partial charge in [-0.25, -0.2) is 4.79 Å². The van der Waals surface area contributed by atoms with Crippen molar-refractivity contribution in [2.45, 2.75) is 63.8 Å². The lowest BCUT2D eigenvalue weighted by Gasteiger charge is -2.40. The predicted octanol–water partition coefficient (Wildman–Crippen LogP) is 1.64. The van der Waals surface area contributed by atoms with Crippen molar-refractivity contribution in [1.29, 1.82) is 5.26 Å². The van der Waals surface area contributed by atoms with Crippen LogP contribution in [0.4, 0.5) is 4.79 Å². The summed E-state index contributed by atoms with van der Waals surface area (Å²) in [5, 5.41) is 12.4. The summed E-state index contributed by atoms with van der Waals surface area (Å²) in [6.07, 6.45) is 2.19. The number of likely N-dealkylation sites (tertiary alicyclic amines) is 1. The molecule has 1 amide bonds. The Kier molecular flexibility index (Phi) is 3.49. The molecule has 5 heteroatoms. The van der Waals surface area contributed by atoms with Gasteiger partial charge in [0.15, 0.2) is 0 Å². The monoisotopic (exact) mass is 251 g/mol. The summed E-state index contributed by atoms with van der Waals surface area (Å²) in [6, 6.07) is 2.73. The van der Waals surface area contributed by atoms with E-state index in [2.05, 4.69) is 11.4 Å². The summed E-state index contributed by atoms with van der Waals surface area (Å²) in [5.41, 5.74) is -0.488. The fourth-order valence-corrected chi connectivity index (χ4v) is 2.76. The number of nitrogens with zero attached hydrogens (tertiary/aromatic N) is 2. The lowest BCUT2D eigenvalue weighted by Crippen LogP contribution is -2.60. The topological polar surface area (TPSA) is 65.4 Å². The second kappa shape index (κ2) is 4.77. The molecular formula is C13H21N3O2. The lowest BCUT2D eigenvalue weighted by atomic mass is 10.0. The van der Waals surface area contributed by atoms with E-state index in [1.54, 1.807) is 4.90 Å². The van der Waals surface area contributed by atoms with Crippen molar-refractivity contribution >= 4 is 6.09 Å². The van der Waals surface area contributed by atoms with Crippen molar-refractivity contribution < 1.29 is 9.53 Å². The molecule has 2 aliphatic heterocycles. The third-order valence-electron chi connectivity index (χ3n) is 3.49. The zero-order valence-electron chi connectivity index (χ0n) is 11.3. The number of nitrogens with one attached hydrogen (secondary N) is 1. The minimum absolute atomic E-state index is 0.0522. The minimum Gasteiger partial charge on any atom is -0.444 e. The smallest absolute Gasteiger partial charge is 0.410 e. The molecule has 2 aliphatic rings. The van der Waals surface area contributed by atoms with E-state index in [1.165, 1.54) is 0 Å². The lowest BCUT2D eigenvalue weighted by molar-refractivity contribution is 0.00610. The maximum Gasteiger partial charge on any atom is 0.410 e. The van der Waals surface area contributed by atoms with Gasteiger partial charge in [-0.3, -0.25) is 0 Å². The molecule has 2 rings (SSSR count). The first-order valence-electron chi connectivity index (χ1n) is 6.53. The molecule has 1 N–H and O–H groups in total. The molecule has 0 aromatic rings. The standard InChI is InChI=1S/C13H21N3O2/c1-13(2,3)18-12(17)16-8-9-4-5-10(15-9)11(16)6-7-14/h9-11,15H,4-6,8H2,1-3H3. The van der Waals surface area contributed by atoms with Crippen molar-refractivity contribution in [2.75, 3.05) is 6.54 Å². The molecule has 0 aromatic heterocycles. The van der Waals surface area contributed by atoms with E-state index < -0.39 is 5.60 Å². The van der Waals surface area contributed by atoms with Gasteiger partial charge in [0.2, 0.25) is 0 Å². The fourth-order valence-electron chi connectivity index (χ4n) is 2.76. The average Bonchev–Trinajstić information content (AvgIpc) is 2.63. The zero-order valence-corrected chi connectivity index (χ0v) is 11.3. The minimum atomic E-state index is -0.488. The second-order valence-electron chi connectivity index (χ2n) is 6.11. The largest absolute Gasteiger partial charge is 0.444 e. The number of piperazine rings is 1. The Bertz CT molecular complexity index is 369. The molecule has 0 spiro atoms. The van der Waals surface area contributed by atoms with Crippen LogP contribution in [0, 0.1) is 11.3 Å². The van der Waals surface area contributed by atoms with Crippen molar-refractivity contribution in [3.05, 3.63) is 0 Å². The van der Waals surface area contributed by atoms with Crippen LogP contribution in [-0.2, 0) is 4.74 Å². The molecule has 5 nitrogen and oxygen atoms in total. The molecule has 2 heterocycles. The average molecular weight is 251 g/mol. The summed E-state index contributed by atoms with van der Waals surface area (Å²) in [7, 11) is 0. The number of hydrogen-bond donors (Lipinski definition) is 1. The van der Waals surface area contributed by atoms with Gasteiger partial charge < -0.3 is 15.0 Å². The van der Waals surface area contributed by atoms with E-state index in [9.17, 15) is 4.79 Å². The third-order valence-corrected chi connectivity index (χ3v) is 3.49. The van der Waals surface area contributed by atoms with Gasteiger partial charge in [0, 0.05) is 18.6 Å². The predicted molar refractivity (Wildman–Crippen MR) is 66.9 cm³/mol. The van der Waals surface area contributed by atoms with Crippen molar-refractivity contribution in [3.63, 3.8) is 0 Å². The molecule has 18 heavy (non-hydrogen) atoms. The van der Waals surface area contributed by atoms with Crippen LogP contribution in [-0.4, -0.2) is 41.3 Å². The maximum absolute atomic E-state index is 12.2. The van der Waals surface area contributed by atoms with Gasteiger partial charge in [-0.1, -0.05) is 0 Å². The summed E-state index contributed by atoms with van der Waals surface area (Å²) in [6.45, 7) is 6.24. The molecule has 3 atom stereocenters. The molecule has 0 radical (unpaired) electrons. The van der Waals surface area contributed by atoms with Crippen LogP contribution in [0.2, 0.25) is 0 Å². The van der Waals surface area contributed by atoms with Crippen LogP contribution < -0.4 is 5.32 Å². The molecule has 3 unspecified atom stereocenters. The number of rotatable bonds is 1. The molecule has 0 aliphatic carbocycles. The van der Waals surface area contributed by atoms with Crippen LogP contribution in [0.1, 0.15) is 40.0 Å². The SMILES string of the molecule is CC(C)(C)OC(=O)N1CC2CCC(N2)C1CC#N. The van der Waals surface area contributed by atoms with E-state index in [4.69, 9.17) is 10.00 Å². The molecular weight excluding hydrogens is 230 g/mol. The molecule has 0 aromatic carbocycles. The molecule has 2 fully saturated rings. The van der Waals surface area contributed by atoms with Crippen LogP contribution in [0.25, 0.3) is 0 Å². The van der Waals surface area contributed by atoms with Crippen LogP contribution in [0.5, 0.6) is 0 Å². The first-order chi connectivity index (χ1) is 8.40. The Morgan fingerprint density at radius 1 is 1.50 bits per heavy atom. The van der Waals surface area contributed by atoms with E-state index in [0.29, 0.717) is 19.0 Å². The Morgan fingerprint density at radius 2 is 2.22 bits per heavy atom. The van der Waals surface area contributed by atoms with Gasteiger partial charge in [0.1, 0.15) is 5.60 Å². The zero-order chi connectivity index (χ0) is 13.3. The Labute approximate surface area is 108 Å². The fraction of sp³-hybridized carbons (Fsp3) is 0.846. The number of carbonyl (C=O) groups is 1. The van der Waals surface area contributed by atoms with E-state index in [-0.39, 0.29) is 18.2 Å². The Hall–Kier alpha value is -1.28. The molecule has 100 valence electrons. The van der Waals surface area contributed by atoms with Crippen molar-refractivity contribution in [2.24, 2.45) is 0 Å². The van der Waals surface area contributed by atoms with Crippen LogP contribution in [0.15, 0.2) is 0 Å². The van der Waals surface area contributed by atoms with E-state index in [0.717, 1.165) is 12.8 Å². The number of nitriles is 1. The molecule has 0 saturated carbocycles. The maximum atomic E-state index is 12.2. The Balaban J connectivity index is 2.09. The normalized spacial score (nSPS) is 31.0. The highest BCUT2D eigenvalue weighted by Gasteiger charge is 2.43. The number of fused-ring (bicyclic) bond motifs is 2. The van der Waals surface area contributed by atoms with Crippen LogP contribution >= 0.6 is 0 Å². The van der Waals surface area contributed by atoms with Crippen LogP contribution in [0.3, 0.4) is 0 Å². The number of carbonyl (C=O) groups excluding carboxylic acids is 1. The Morgan fingerprint density at radius 3 is 2.83 bits per heavy atom. The van der Waals surface area contributed by atoms with Crippen molar-refractivity contribution in [1.82, 2.24) is 10.2 Å². The van der Waals surface area contributed by atoms with E-state index >= 15 is 0 Å². The van der Waals surface area contributed by atoms with Crippen molar-refractivity contribution in [3.8, 4) is 6.07 Å². The van der Waals surface area contributed by atoms with Gasteiger partial charge in [-0.15, -0.1) is 0 Å². The highest BCUT2D eigenvalue weighted by atomic mass is 16.6. The summed E-state index contributed by atoms with van der Waals surface area (Å²) < 4.78 is 5.43. The highest BCUT2D eigenvalue weighted by Crippen LogP contribution is 2.28. The number of amides is 1. The second-order valence-corrected chi connectivity index (χ2v) is 6.11. The van der Waals surface area contributed by atoms with E-state index in [1.807, 2.05) is 20.8 Å². The number of ether oxygens (including phenoxy) is 1. The summed E-state index contributed by atoms with van der Waals surface area (Å²) in [5.74, 6) is 0. The van der Waals surface area contributed by atoms with Gasteiger partial charge in [-0.2, -0.15) is 5.26 Å². The third kappa shape index (κ3) is 2.75. The number of hydrogen-bond acceptors (Lipinski definition) is 4. The summed E-state index contributed by atoms with van der Waals surface area (Å²) >= 11 is 0. The van der Waals surface area contributed by atoms with Gasteiger partial charge in [0.05, 0.1) is 18.5 Å². The highest BCUT2D eigenvalue weighted by molar-refractivity contribution is 5.69. The first kappa shape index (κ1) is 13.2. The van der Waals surface area contributed by atoms with Gasteiger partial charge in [0.25, 0.3) is 0 Å². The quantitative estimate of drug-likeness (QED) is 0.769. The van der Waals surface area contributed by atoms with Gasteiger partial charge >= 0.3 is 6.09 Å².